The molecule has 2 aromatic rings. The first-order valence-corrected chi connectivity index (χ1v) is 5.97. The van der Waals surface area contributed by atoms with Gasteiger partial charge < -0.3 is 10.1 Å². The molecule has 0 amide bonds. The number of hydrogen-bond donors (Lipinski definition) is 1. The maximum Gasteiger partial charge on any atom is 0.237 e. The average molecular weight is 264 g/mol. The minimum atomic E-state index is -0.851. The number of rotatable bonds is 5. The molecule has 0 aliphatic rings. The molecule has 0 bridgehead atoms. The summed E-state index contributed by atoms with van der Waals surface area (Å²) in [6, 6.07) is 7.61. The molecule has 0 aliphatic heterocycles. The van der Waals surface area contributed by atoms with Gasteiger partial charge in [0.05, 0.1) is 12.3 Å². The van der Waals surface area contributed by atoms with E-state index in [1.807, 2.05) is 6.92 Å². The van der Waals surface area contributed by atoms with E-state index in [1.165, 1.54) is 12.1 Å². The summed E-state index contributed by atoms with van der Waals surface area (Å²) in [6.07, 6.45) is 1.61. The molecule has 1 aromatic carbocycles. The molecule has 1 heterocycles. The monoisotopic (exact) mass is 264 g/mol. The van der Waals surface area contributed by atoms with Crippen LogP contribution in [0.4, 0.5) is 14.5 Å². The Morgan fingerprint density at radius 3 is 2.84 bits per heavy atom. The van der Waals surface area contributed by atoms with Gasteiger partial charge in [0.25, 0.3) is 0 Å². The summed E-state index contributed by atoms with van der Waals surface area (Å²) in [7, 11) is 0. The Balaban J connectivity index is 2.12. The summed E-state index contributed by atoms with van der Waals surface area (Å²) in [4.78, 5) is 4.07. The fourth-order valence-electron chi connectivity index (χ4n) is 1.65. The zero-order valence-corrected chi connectivity index (χ0v) is 10.5. The number of anilines is 1. The van der Waals surface area contributed by atoms with Crippen LogP contribution in [0, 0.1) is 11.6 Å². The molecule has 19 heavy (non-hydrogen) atoms. The summed E-state index contributed by atoms with van der Waals surface area (Å²) in [5.74, 6) is -1.24. The van der Waals surface area contributed by atoms with Crippen molar-refractivity contribution in [3.63, 3.8) is 0 Å². The Morgan fingerprint density at radius 1 is 1.21 bits per heavy atom. The quantitative estimate of drug-likeness (QED) is 0.899. The van der Waals surface area contributed by atoms with Gasteiger partial charge >= 0.3 is 0 Å². The summed E-state index contributed by atoms with van der Waals surface area (Å²) >= 11 is 0. The standard InChI is InChI=1S/C14H14F2N2O/c1-2-19-14-12(7-4-8-17-14)18-9-10-5-3-6-11(15)13(10)16/h3-8,18H,2,9H2,1H3. The molecule has 1 N–H and O–H groups in total. The molecule has 0 aliphatic carbocycles. The summed E-state index contributed by atoms with van der Waals surface area (Å²) in [5, 5.41) is 2.99. The van der Waals surface area contributed by atoms with Crippen molar-refractivity contribution in [1.82, 2.24) is 4.98 Å². The lowest BCUT2D eigenvalue weighted by Crippen LogP contribution is -2.06. The van der Waals surface area contributed by atoms with Crippen LogP contribution in [0.3, 0.4) is 0 Å². The second kappa shape index (κ2) is 6.13. The van der Waals surface area contributed by atoms with E-state index in [0.29, 0.717) is 18.2 Å². The predicted molar refractivity (Wildman–Crippen MR) is 69.1 cm³/mol. The van der Waals surface area contributed by atoms with Gasteiger partial charge in [0.15, 0.2) is 11.6 Å². The second-order valence-corrected chi connectivity index (χ2v) is 3.86. The molecule has 2 rings (SSSR count). The number of hydrogen-bond acceptors (Lipinski definition) is 3. The van der Waals surface area contributed by atoms with Gasteiger partial charge in [0, 0.05) is 18.3 Å². The maximum atomic E-state index is 13.5. The lowest BCUT2D eigenvalue weighted by Gasteiger charge is -2.11. The van der Waals surface area contributed by atoms with E-state index in [0.717, 1.165) is 6.07 Å². The topological polar surface area (TPSA) is 34.1 Å². The van der Waals surface area contributed by atoms with Crippen LogP contribution in [0.15, 0.2) is 36.5 Å². The van der Waals surface area contributed by atoms with Crippen LogP contribution in [0.1, 0.15) is 12.5 Å². The molecule has 0 saturated carbocycles. The molecule has 100 valence electrons. The fraction of sp³-hybridized carbons (Fsp3) is 0.214. The van der Waals surface area contributed by atoms with Crippen molar-refractivity contribution in [1.29, 1.82) is 0 Å². The van der Waals surface area contributed by atoms with E-state index < -0.39 is 11.6 Å². The minimum absolute atomic E-state index is 0.162. The van der Waals surface area contributed by atoms with Crippen LogP contribution in [-0.4, -0.2) is 11.6 Å². The Hall–Kier alpha value is -2.17. The Kier molecular flexibility index (Phi) is 4.28. The Labute approximate surface area is 110 Å². The van der Waals surface area contributed by atoms with Crippen LogP contribution in [-0.2, 0) is 6.54 Å². The zero-order chi connectivity index (χ0) is 13.7. The van der Waals surface area contributed by atoms with E-state index in [4.69, 9.17) is 4.74 Å². The minimum Gasteiger partial charge on any atom is -0.476 e. The van der Waals surface area contributed by atoms with Crippen molar-refractivity contribution in [2.75, 3.05) is 11.9 Å². The van der Waals surface area contributed by atoms with Crippen LogP contribution in [0.25, 0.3) is 0 Å². The third kappa shape index (κ3) is 3.19. The molecule has 0 unspecified atom stereocenters. The van der Waals surface area contributed by atoms with Gasteiger partial charge in [-0.25, -0.2) is 13.8 Å². The highest BCUT2D eigenvalue weighted by Gasteiger charge is 2.09. The first-order valence-electron chi connectivity index (χ1n) is 5.97. The van der Waals surface area contributed by atoms with Gasteiger partial charge in [-0.15, -0.1) is 0 Å². The fourth-order valence-corrected chi connectivity index (χ4v) is 1.65. The second-order valence-electron chi connectivity index (χ2n) is 3.86. The van der Waals surface area contributed by atoms with Gasteiger partial charge in [-0.1, -0.05) is 12.1 Å². The average Bonchev–Trinajstić information content (AvgIpc) is 2.42. The lowest BCUT2D eigenvalue weighted by molar-refractivity contribution is 0.328. The normalized spacial score (nSPS) is 10.3. The molecular weight excluding hydrogens is 250 g/mol. The molecule has 0 radical (unpaired) electrons. The number of nitrogens with one attached hydrogen (secondary N) is 1. The third-order valence-corrected chi connectivity index (χ3v) is 2.55. The van der Waals surface area contributed by atoms with E-state index in [2.05, 4.69) is 10.3 Å². The first kappa shape index (κ1) is 13.3. The van der Waals surface area contributed by atoms with Crippen molar-refractivity contribution < 1.29 is 13.5 Å². The van der Waals surface area contributed by atoms with Crippen LogP contribution in [0.5, 0.6) is 5.88 Å². The van der Waals surface area contributed by atoms with Crippen LogP contribution >= 0.6 is 0 Å². The van der Waals surface area contributed by atoms with Crippen molar-refractivity contribution in [2.45, 2.75) is 13.5 Å². The number of halogens is 2. The SMILES string of the molecule is CCOc1ncccc1NCc1cccc(F)c1F. The van der Waals surface area contributed by atoms with E-state index in [-0.39, 0.29) is 12.1 Å². The number of aromatic nitrogens is 1. The van der Waals surface area contributed by atoms with Crippen molar-refractivity contribution >= 4 is 5.69 Å². The summed E-state index contributed by atoms with van der Waals surface area (Å²) < 4.78 is 31.9. The largest absolute Gasteiger partial charge is 0.476 e. The lowest BCUT2D eigenvalue weighted by atomic mass is 10.2. The predicted octanol–water partition coefficient (Wildman–Crippen LogP) is 3.37. The Morgan fingerprint density at radius 2 is 2.05 bits per heavy atom. The molecule has 0 fully saturated rings. The highest BCUT2D eigenvalue weighted by Crippen LogP contribution is 2.22. The molecule has 1 aromatic heterocycles. The molecule has 0 atom stereocenters. The first-order chi connectivity index (χ1) is 9.22. The third-order valence-electron chi connectivity index (χ3n) is 2.55. The van der Waals surface area contributed by atoms with Crippen LogP contribution in [0.2, 0.25) is 0 Å². The number of nitrogens with zero attached hydrogens (tertiary/aromatic N) is 1. The van der Waals surface area contributed by atoms with Gasteiger partial charge in [-0.3, -0.25) is 0 Å². The summed E-state index contributed by atoms with van der Waals surface area (Å²) in [5.41, 5.74) is 0.902. The van der Waals surface area contributed by atoms with E-state index in [9.17, 15) is 8.78 Å². The van der Waals surface area contributed by atoms with Gasteiger partial charge in [-0.2, -0.15) is 0 Å². The number of pyridine rings is 1. The van der Waals surface area contributed by atoms with Gasteiger partial charge in [-0.05, 0) is 25.1 Å². The smallest absolute Gasteiger partial charge is 0.237 e. The van der Waals surface area contributed by atoms with Crippen molar-refractivity contribution in [3.05, 3.63) is 53.7 Å². The van der Waals surface area contributed by atoms with Crippen LogP contribution < -0.4 is 10.1 Å². The van der Waals surface area contributed by atoms with Crippen molar-refractivity contribution in [2.24, 2.45) is 0 Å². The highest BCUT2D eigenvalue weighted by atomic mass is 19.2. The Bertz CT molecular complexity index is 561. The molecule has 0 saturated heterocycles. The summed E-state index contributed by atoms with van der Waals surface area (Å²) in [6.45, 7) is 2.50. The molecule has 5 heteroatoms. The van der Waals surface area contributed by atoms with Crippen molar-refractivity contribution in [3.8, 4) is 5.88 Å². The molecule has 0 spiro atoms. The number of ether oxygens (including phenoxy) is 1. The van der Waals surface area contributed by atoms with Gasteiger partial charge in [0.2, 0.25) is 5.88 Å². The molecule has 3 nitrogen and oxygen atoms in total. The highest BCUT2D eigenvalue weighted by molar-refractivity contribution is 5.52. The van der Waals surface area contributed by atoms with Gasteiger partial charge in [0.1, 0.15) is 0 Å². The van der Waals surface area contributed by atoms with E-state index in [1.54, 1.807) is 18.3 Å². The zero-order valence-electron chi connectivity index (χ0n) is 10.5. The number of benzene rings is 1. The van der Waals surface area contributed by atoms with E-state index >= 15 is 0 Å². The maximum absolute atomic E-state index is 13.5. The molecular formula is C14H14F2N2O.